The van der Waals surface area contributed by atoms with Crippen LogP contribution in [-0.2, 0) is 0 Å². The molecule has 0 saturated carbocycles. The smallest absolute Gasteiger partial charge is 0.289 e. The maximum Gasteiger partial charge on any atom is 0.289 e. The monoisotopic (exact) mass is 302 g/mol. The van der Waals surface area contributed by atoms with E-state index in [1.807, 2.05) is 26.8 Å². The summed E-state index contributed by atoms with van der Waals surface area (Å²) < 4.78 is 5.92. The Morgan fingerprint density at radius 2 is 1.82 bits per heavy atom. The van der Waals surface area contributed by atoms with Gasteiger partial charge in [0, 0.05) is 24.5 Å². The minimum absolute atomic E-state index is 0.0889. The number of aryl methyl sites for hydroxylation is 3. The molecule has 4 heteroatoms. The molecule has 0 aliphatic carbocycles. The quantitative estimate of drug-likeness (QED) is 0.941. The van der Waals surface area contributed by atoms with E-state index in [0.717, 1.165) is 27.7 Å². The van der Waals surface area contributed by atoms with Crippen molar-refractivity contribution in [2.45, 2.75) is 34.6 Å². The van der Waals surface area contributed by atoms with Crippen molar-refractivity contribution in [1.29, 1.82) is 0 Å². The lowest BCUT2D eigenvalue weighted by atomic mass is 9.93. The zero-order valence-electron chi connectivity index (χ0n) is 14.4. The lowest BCUT2D eigenvalue weighted by Crippen LogP contribution is -2.39. The van der Waals surface area contributed by atoms with Crippen molar-refractivity contribution in [2.24, 2.45) is 11.1 Å². The Bertz CT molecular complexity index is 713. The van der Waals surface area contributed by atoms with Gasteiger partial charge in [-0.1, -0.05) is 26.0 Å². The molecule has 0 saturated heterocycles. The Labute approximate surface area is 132 Å². The van der Waals surface area contributed by atoms with Gasteiger partial charge >= 0.3 is 0 Å². The van der Waals surface area contributed by atoms with Crippen molar-refractivity contribution in [3.05, 3.63) is 34.6 Å². The maximum absolute atomic E-state index is 12.7. The van der Waals surface area contributed by atoms with Crippen LogP contribution < -0.4 is 5.73 Å². The normalized spacial score (nSPS) is 12.0. The van der Waals surface area contributed by atoms with Gasteiger partial charge in [-0.15, -0.1) is 0 Å². The van der Waals surface area contributed by atoms with Crippen molar-refractivity contribution in [3.8, 4) is 0 Å². The van der Waals surface area contributed by atoms with Gasteiger partial charge in [-0.3, -0.25) is 4.79 Å². The highest BCUT2D eigenvalue weighted by Crippen LogP contribution is 2.31. The van der Waals surface area contributed by atoms with E-state index in [0.29, 0.717) is 18.8 Å². The first-order chi connectivity index (χ1) is 10.2. The van der Waals surface area contributed by atoms with Gasteiger partial charge in [0.2, 0.25) is 0 Å². The molecule has 0 fully saturated rings. The second-order valence-corrected chi connectivity index (χ2v) is 6.99. The fraction of sp³-hybridized carbons (Fsp3) is 0.500. The third-order valence-corrected chi connectivity index (χ3v) is 4.24. The number of hydrogen-bond acceptors (Lipinski definition) is 3. The van der Waals surface area contributed by atoms with Crippen molar-refractivity contribution in [3.63, 3.8) is 0 Å². The number of nitrogens with two attached hydrogens (primary N) is 1. The van der Waals surface area contributed by atoms with Crippen molar-refractivity contribution < 1.29 is 9.21 Å². The molecule has 1 aromatic carbocycles. The van der Waals surface area contributed by atoms with E-state index in [4.69, 9.17) is 10.2 Å². The first-order valence-corrected chi connectivity index (χ1v) is 7.63. The summed E-state index contributed by atoms with van der Waals surface area (Å²) in [7, 11) is 1.80. The molecule has 0 bridgehead atoms. The lowest BCUT2D eigenvalue weighted by molar-refractivity contribution is 0.0710. The topological polar surface area (TPSA) is 59.5 Å². The van der Waals surface area contributed by atoms with Crippen LogP contribution in [0.2, 0.25) is 0 Å². The van der Waals surface area contributed by atoms with Crippen molar-refractivity contribution in [2.75, 3.05) is 20.1 Å². The Morgan fingerprint density at radius 3 is 2.36 bits per heavy atom. The number of hydrogen-bond donors (Lipinski definition) is 1. The minimum atomic E-state index is -0.115. The van der Waals surface area contributed by atoms with Crippen LogP contribution in [0.1, 0.15) is 41.1 Å². The maximum atomic E-state index is 12.7. The van der Waals surface area contributed by atoms with Gasteiger partial charge in [-0.2, -0.15) is 0 Å². The molecule has 0 aliphatic heterocycles. The standard InChI is InChI=1S/C18H26N2O2/c1-11-7-8-12(2)15-14(11)13(3)16(22-15)17(21)20(6)10-18(4,5)9-19/h7-8H,9-10,19H2,1-6H3. The molecule has 0 spiro atoms. The Hall–Kier alpha value is -1.81. The largest absolute Gasteiger partial charge is 0.450 e. The summed E-state index contributed by atoms with van der Waals surface area (Å²) >= 11 is 0. The molecule has 4 nitrogen and oxygen atoms in total. The predicted molar refractivity (Wildman–Crippen MR) is 90.2 cm³/mol. The van der Waals surface area contributed by atoms with Crippen LogP contribution in [0.25, 0.3) is 11.0 Å². The number of fused-ring (bicyclic) bond motifs is 1. The highest BCUT2D eigenvalue weighted by molar-refractivity contribution is 6.00. The van der Waals surface area contributed by atoms with Crippen LogP contribution in [0.5, 0.6) is 0 Å². The van der Waals surface area contributed by atoms with Crippen LogP contribution in [-0.4, -0.2) is 30.9 Å². The number of rotatable bonds is 4. The number of benzene rings is 1. The third kappa shape index (κ3) is 2.88. The molecule has 1 aromatic heterocycles. The van der Waals surface area contributed by atoms with Gasteiger partial charge in [-0.25, -0.2) is 0 Å². The second-order valence-electron chi connectivity index (χ2n) is 6.99. The zero-order valence-corrected chi connectivity index (χ0v) is 14.4. The fourth-order valence-corrected chi connectivity index (χ4v) is 2.83. The molecule has 0 atom stereocenters. The first-order valence-electron chi connectivity index (χ1n) is 7.63. The molecular weight excluding hydrogens is 276 g/mol. The van der Waals surface area contributed by atoms with Crippen LogP contribution in [0, 0.1) is 26.2 Å². The number of furan rings is 1. The van der Waals surface area contributed by atoms with Crippen molar-refractivity contribution in [1.82, 2.24) is 4.90 Å². The molecule has 0 aliphatic rings. The number of carbonyl (C=O) groups excluding carboxylic acids is 1. The zero-order chi connectivity index (χ0) is 16.7. The van der Waals surface area contributed by atoms with Gasteiger partial charge in [0.05, 0.1) is 0 Å². The molecule has 0 radical (unpaired) electrons. The van der Waals surface area contributed by atoms with Gasteiger partial charge in [0.15, 0.2) is 5.76 Å². The molecular formula is C18H26N2O2. The Kier molecular flexibility index (Phi) is 4.34. The predicted octanol–water partition coefficient (Wildman–Crippen LogP) is 3.41. The lowest BCUT2D eigenvalue weighted by Gasteiger charge is -2.28. The van der Waals surface area contributed by atoms with Crippen molar-refractivity contribution >= 4 is 16.9 Å². The summed E-state index contributed by atoms with van der Waals surface area (Å²) in [6.45, 7) is 11.2. The van der Waals surface area contributed by atoms with E-state index in [2.05, 4.69) is 19.9 Å². The van der Waals surface area contributed by atoms with E-state index < -0.39 is 0 Å². The fourth-order valence-electron chi connectivity index (χ4n) is 2.83. The Balaban J connectivity index is 2.43. The first kappa shape index (κ1) is 16.6. The molecule has 0 unspecified atom stereocenters. The van der Waals surface area contributed by atoms with E-state index in [1.54, 1.807) is 11.9 Å². The highest BCUT2D eigenvalue weighted by Gasteiger charge is 2.26. The molecule has 2 N–H and O–H groups in total. The summed E-state index contributed by atoms with van der Waals surface area (Å²) in [4.78, 5) is 14.4. The average Bonchev–Trinajstić information content (AvgIpc) is 2.80. The summed E-state index contributed by atoms with van der Waals surface area (Å²) in [6.07, 6.45) is 0. The summed E-state index contributed by atoms with van der Waals surface area (Å²) in [5, 5.41) is 1.05. The number of nitrogens with zero attached hydrogens (tertiary/aromatic N) is 1. The van der Waals surface area contributed by atoms with E-state index in [9.17, 15) is 4.79 Å². The van der Waals surface area contributed by atoms with Crippen LogP contribution >= 0.6 is 0 Å². The van der Waals surface area contributed by atoms with Gasteiger partial charge in [0.25, 0.3) is 5.91 Å². The van der Waals surface area contributed by atoms with Crippen LogP contribution in [0.3, 0.4) is 0 Å². The summed E-state index contributed by atoms with van der Waals surface area (Å²) in [5.74, 6) is 0.344. The van der Waals surface area contributed by atoms with Gasteiger partial charge in [0.1, 0.15) is 5.58 Å². The average molecular weight is 302 g/mol. The van der Waals surface area contributed by atoms with Gasteiger partial charge in [-0.05, 0) is 43.9 Å². The molecule has 1 amide bonds. The van der Waals surface area contributed by atoms with Crippen LogP contribution in [0.15, 0.2) is 16.5 Å². The third-order valence-electron chi connectivity index (χ3n) is 4.24. The summed E-state index contributed by atoms with van der Waals surface area (Å²) in [6, 6.07) is 4.09. The van der Waals surface area contributed by atoms with Crippen LogP contribution in [0.4, 0.5) is 0 Å². The highest BCUT2D eigenvalue weighted by atomic mass is 16.3. The number of amides is 1. The van der Waals surface area contributed by atoms with E-state index in [-0.39, 0.29) is 11.3 Å². The molecule has 2 rings (SSSR count). The molecule has 2 aromatic rings. The molecule has 120 valence electrons. The summed E-state index contributed by atoms with van der Waals surface area (Å²) in [5.41, 5.74) is 9.55. The molecule has 22 heavy (non-hydrogen) atoms. The van der Waals surface area contributed by atoms with Gasteiger partial charge < -0.3 is 15.1 Å². The molecule has 1 heterocycles. The van der Waals surface area contributed by atoms with E-state index >= 15 is 0 Å². The Morgan fingerprint density at radius 1 is 1.23 bits per heavy atom. The minimum Gasteiger partial charge on any atom is -0.450 e. The van der Waals surface area contributed by atoms with E-state index in [1.165, 1.54) is 0 Å². The SMILES string of the molecule is Cc1ccc(C)c2c(C)c(C(=O)N(C)CC(C)(C)CN)oc12. The second kappa shape index (κ2) is 5.76. The number of carbonyl (C=O) groups is 1.